The third kappa shape index (κ3) is 2.45. The number of fused-ring (bicyclic) bond motifs is 4. The lowest BCUT2D eigenvalue weighted by molar-refractivity contribution is 0.155. The molecule has 3 heterocycles. The highest BCUT2D eigenvalue weighted by atomic mass is 16.5. The van der Waals surface area contributed by atoms with Crippen LogP contribution in [0.1, 0.15) is 44.0 Å². The minimum atomic E-state index is 0.466. The summed E-state index contributed by atoms with van der Waals surface area (Å²) in [4.78, 5) is 8.97. The van der Waals surface area contributed by atoms with Crippen LogP contribution in [0.25, 0.3) is 10.9 Å². The van der Waals surface area contributed by atoms with Gasteiger partial charge in [-0.1, -0.05) is 13.3 Å². The molecule has 2 aliphatic heterocycles. The van der Waals surface area contributed by atoms with E-state index in [2.05, 4.69) is 40.8 Å². The fraction of sp³-hybridized carbons (Fsp3) is 0.579. The number of benzene rings is 1. The van der Waals surface area contributed by atoms with Crippen LogP contribution < -0.4 is 4.74 Å². The van der Waals surface area contributed by atoms with Crippen LogP contribution in [0.15, 0.2) is 18.2 Å². The van der Waals surface area contributed by atoms with Crippen molar-refractivity contribution in [2.75, 3.05) is 26.9 Å². The van der Waals surface area contributed by atoms with Crippen molar-refractivity contribution in [1.29, 1.82) is 0 Å². The van der Waals surface area contributed by atoms with Gasteiger partial charge < -0.3 is 9.72 Å². The summed E-state index contributed by atoms with van der Waals surface area (Å²) in [5, 5.41) is 1.35. The Kier molecular flexibility index (Phi) is 3.82. The SMILES string of the molecule is CCCCN1CC2Cc3c([nH]c4ccc(OC)cc34)C(C)N2C1. The molecule has 0 radical (unpaired) electrons. The fourth-order valence-corrected chi connectivity index (χ4v) is 4.32. The molecule has 124 valence electrons. The summed E-state index contributed by atoms with van der Waals surface area (Å²) >= 11 is 0. The van der Waals surface area contributed by atoms with E-state index >= 15 is 0 Å². The molecule has 23 heavy (non-hydrogen) atoms. The highest BCUT2D eigenvalue weighted by molar-refractivity contribution is 5.86. The molecule has 1 aromatic heterocycles. The van der Waals surface area contributed by atoms with Crippen LogP contribution in [0.3, 0.4) is 0 Å². The molecule has 2 atom stereocenters. The van der Waals surface area contributed by atoms with E-state index in [1.807, 2.05) is 6.07 Å². The van der Waals surface area contributed by atoms with Crippen LogP contribution in [0.5, 0.6) is 5.75 Å². The molecule has 4 rings (SSSR count). The molecule has 1 aromatic carbocycles. The second kappa shape index (κ2) is 5.84. The molecule has 2 aliphatic rings. The number of nitrogens with one attached hydrogen (secondary N) is 1. The minimum Gasteiger partial charge on any atom is -0.497 e. The monoisotopic (exact) mass is 313 g/mol. The first-order valence-electron chi connectivity index (χ1n) is 8.87. The molecule has 0 bridgehead atoms. The van der Waals surface area contributed by atoms with Gasteiger partial charge in [-0.15, -0.1) is 0 Å². The number of hydrogen-bond acceptors (Lipinski definition) is 3. The Bertz CT molecular complexity index is 708. The zero-order chi connectivity index (χ0) is 16.0. The van der Waals surface area contributed by atoms with Gasteiger partial charge in [0.1, 0.15) is 5.75 Å². The van der Waals surface area contributed by atoms with Crippen molar-refractivity contribution >= 4 is 10.9 Å². The van der Waals surface area contributed by atoms with Crippen LogP contribution in [0.2, 0.25) is 0 Å². The summed E-state index contributed by atoms with van der Waals surface area (Å²) in [6.07, 6.45) is 3.73. The number of ether oxygens (including phenoxy) is 1. The molecule has 1 N–H and O–H groups in total. The molecule has 0 aliphatic carbocycles. The molecular formula is C19H27N3O. The Morgan fingerprint density at radius 3 is 3.00 bits per heavy atom. The normalized spacial score (nSPS) is 24.8. The topological polar surface area (TPSA) is 31.5 Å². The number of rotatable bonds is 4. The second-order valence-electron chi connectivity index (χ2n) is 7.05. The molecule has 1 saturated heterocycles. The first-order chi connectivity index (χ1) is 11.2. The Morgan fingerprint density at radius 2 is 2.22 bits per heavy atom. The van der Waals surface area contributed by atoms with E-state index in [-0.39, 0.29) is 0 Å². The van der Waals surface area contributed by atoms with Gasteiger partial charge in [0.05, 0.1) is 13.8 Å². The number of nitrogens with zero attached hydrogens (tertiary/aromatic N) is 2. The first-order valence-corrected chi connectivity index (χ1v) is 8.87. The van der Waals surface area contributed by atoms with Crippen molar-refractivity contribution in [1.82, 2.24) is 14.8 Å². The van der Waals surface area contributed by atoms with E-state index in [1.165, 1.54) is 48.1 Å². The van der Waals surface area contributed by atoms with Crippen LogP contribution in [-0.4, -0.2) is 47.7 Å². The minimum absolute atomic E-state index is 0.466. The summed E-state index contributed by atoms with van der Waals surface area (Å²) < 4.78 is 5.42. The number of aromatic amines is 1. The maximum Gasteiger partial charge on any atom is 0.119 e. The summed E-state index contributed by atoms with van der Waals surface area (Å²) in [7, 11) is 1.74. The van der Waals surface area contributed by atoms with Gasteiger partial charge in [0.15, 0.2) is 0 Å². The molecule has 2 unspecified atom stereocenters. The maximum atomic E-state index is 5.42. The number of hydrogen-bond donors (Lipinski definition) is 1. The van der Waals surface area contributed by atoms with Crippen LogP contribution in [0.4, 0.5) is 0 Å². The van der Waals surface area contributed by atoms with E-state index in [9.17, 15) is 0 Å². The predicted octanol–water partition coefficient (Wildman–Crippen LogP) is 3.54. The zero-order valence-electron chi connectivity index (χ0n) is 14.4. The van der Waals surface area contributed by atoms with Crippen LogP contribution in [0, 0.1) is 0 Å². The lowest BCUT2D eigenvalue weighted by Crippen LogP contribution is -2.39. The van der Waals surface area contributed by atoms with Gasteiger partial charge >= 0.3 is 0 Å². The van der Waals surface area contributed by atoms with Crippen LogP contribution in [-0.2, 0) is 6.42 Å². The standard InChI is InChI=1S/C19H27N3O/c1-4-5-8-21-11-14-9-17-16-10-15(23-3)6-7-18(16)20-19(17)13(2)22(14)12-21/h6-7,10,13-14,20H,4-5,8-9,11-12H2,1-3H3. The van der Waals surface area contributed by atoms with Crippen molar-refractivity contribution in [2.24, 2.45) is 0 Å². The van der Waals surface area contributed by atoms with Gasteiger partial charge in [-0.25, -0.2) is 0 Å². The van der Waals surface area contributed by atoms with E-state index < -0.39 is 0 Å². The second-order valence-corrected chi connectivity index (χ2v) is 7.05. The molecule has 2 aromatic rings. The van der Waals surface area contributed by atoms with Crippen molar-refractivity contribution in [3.8, 4) is 5.75 Å². The highest BCUT2D eigenvalue weighted by Crippen LogP contribution is 2.40. The first kappa shape index (κ1) is 15.0. The Hall–Kier alpha value is -1.52. The maximum absolute atomic E-state index is 5.42. The van der Waals surface area contributed by atoms with Crippen molar-refractivity contribution in [3.63, 3.8) is 0 Å². The van der Waals surface area contributed by atoms with Gasteiger partial charge in [0.25, 0.3) is 0 Å². The molecule has 4 heteroatoms. The van der Waals surface area contributed by atoms with Crippen molar-refractivity contribution < 1.29 is 4.74 Å². The third-order valence-corrected chi connectivity index (χ3v) is 5.63. The van der Waals surface area contributed by atoms with E-state index in [0.29, 0.717) is 12.1 Å². The molecule has 1 fully saturated rings. The number of aromatic nitrogens is 1. The smallest absolute Gasteiger partial charge is 0.119 e. The van der Waals surface area contributed by atoms with E-state index in [1.54, 1.807) is 7.11 Å². The summed E-state index contributed by atoms with van der Waals surface area (Å²) in [5.74, 6) is 0.949. The van der Waals surface area contributed by atoms with E-state index in [0.717, 1.165) is 18.8 Å². The highest BCUT2D eigenvalue weighted by Gasteiger charge is 2.39. The third-order valence-electron chi connectivity index (χ3n) is 5.63. The summed E-state index contributed by atoms with van der Waals surface area (Å²) in [6.45, 7) is 8.18. The Balaban J connectivity index is 1.66. The Morgan fingerprint density at radius 1 is 1.35 bits per heavy atom. The molecule has 0 saturated carbocycles. The summed E-state index contributed by atoms with van der Waals surface area (Å²) in [5.41, 5.74) is 4.15. The van der Waals surface area contributed by atoms with Crippen LogP contribution >= 0.6 is 0 Å². The molecular weight excluding hydrogens is 286 g/mol. The largest absolute Gasteiger partial charge is 0.497 e. The number of methoxy groups -OCH3 is 1. The van der Waals surface area contributed by atoms with E-state index in [4.69, 9.17) is 4.74 Å². The Labute approximate surface area is 138 Å². The van der Waals surface area contributed by atoms with Crippen molar-refractivity contribution in [2.45, 2.75) is 45.2 Å². The molecule has 4 nitrogen and oxygen atoms in total. The quantitative estimate of drug-likeness (QED) is 0.937. The fourth-order valence-electron chi connectivity index (χ4n) is 4.32. The van der Waals surface area contributed by atoms with Gasteiger partial charge in [0.2, 0.25) is 0 Å². The average molecular weight is 313 g/mol. The number of unbranched alkanes of at least 4 members (excludes halogenated alkanes) is 1. The lowest BCUT2D eigenvalue weighted by Gasteiger charge is -2.34. The predicted molar refractivity (Wildman–Crippen MR) is 93.9 cm³/mol. The number of H-pyrrole nitrogens is 1. The molecule has 0 amide bonds. The van der Waals surface area contributed by atoms with Gasteiger partial charge in [0, 0.05) is 35.2 Å². The zero-order valence-corrected chi connectivity index (χ0v) is 14.4. The van der Waals surface area contributed by atoms with Crippen molar-refractivity contribution in [3.05, 3.63) is 29.5 Å². The van der Waals surface area contributed by atoms with Gasteiger partial charge in [-0.2, -0.15) is 0 Å². The average Bonchev–Trinajstić information content (AvgIpc) is 3.14. The molecule has 0 spiro atoms. The van der Waals surface area contributed by atoms with Gasteiger partial charge in [-0.3, -0.25) is 9.80 Å². The summed E-state index contributed by atoms with van der Waals surface area (Å²) in [6, 6.07) is 7.51. The van der Waals surface area contributed by atoms with Gasteiger partial charge in [-0.05, 0) is 50.1 Å². The lowest BCUT2D eigenvalue weighted by atomic mass is 9.93.